The Labute approximate surface area is 200 Å². The van der Waals surface area contributed by atoms with E-state index in [1.165, 1.54) is 18.2 Å². The summed E-state index contributed by atoms with van der Waals surface area (Å²) in [5, 5.41) is 15.8. The molecule has 0 fully saturated rings. The Hall–Kier alpha value is -4.66. The number of carbonyl (C=O) groups is 1. The molecule has 5 aromatic rings. The first-order valence-electron chi connectivity index (χ1n) is 11.0. The second-order valence-electron chi connectivity index (χ2n) is 8.06. The monoisotopic (exact) mass is 467 g/mol. The Morgan fingerprint density at radius 2 is 1.83 bits per heavy atom. The van der Waals surface area contributed by atoms with Crippen LogP contribution in [0.3, 0.4) is 0 Å². The largest absolute Gasteiger partial charge is 0.345 e. The van der Waals surface area contributed by atoms with E-state index in [0.29, 0.717) is 17.3 Å². The van der Waals surface area contributed by atoms with Gasteiger partial charge in [-0.2, -0.15) is 5.10 Å². The lowest BCUT2D eigenvalue weighted by molar-refractivity contribution is -0.116. The third-order valence-corrected chi connectivity index (χ3v) is 5.48. The number of rotatable bonds is 6. The predicted octanol–water partition coefficient (Wildman–Crippen LogP) is 4.06. The van der Waals surface area contributed by atoms with Gasteiger partial charge in [-0.1, -0.05) is 18.2 Å². The van der Waals surface area contributed by atoms with Gasteiger partial charge in [0, 0.05) is 34.8 Å². The van der Waals surface area contributed by atoms with Gasteiger partial charge in [0.2, 0.25) is 5.91 Å². The maximum absolute atomic E-state index is 13.5. The number of fused-ring (bicyclic) bond motifs is 1. The summed E-state index contributed by atoms with van der Waals surface area (Å²) in [5.74, 6) is 0.474. The molecule has 0 saturated heterocycles. The molecule has 0 unspecified atom stereocenters. The van der Waals surface area contributed by atoms with Crippen molar-refractivity contribution in [1.82, 2.24) is 34.7 Å². The number of halogens is 1. The summed E-state index contributed by atoms with van der Waals surface area (Å²) < 4.78 is 17.0. The lowest BCUT2D eigenvalue weighted by Gasteiger charge is -2.05. The van der Waals surface area contributed by atoms with Crippen molar-refractivity contribution in [2.24, 2.45) is 0 Å². The van der Waals surface area contributed by atoms with Crippen LogP contribution in [0, 0.1) is 19.7 Å². The maximum atomic E-state index is 13.5. The number of hydrogen-bond donors (Lipinski definition) is 1. The maximum Gasteiger partial charge on any atom is 0.255 e. The minimum absolute atomic E-state index is 0.198. The highest BCUT2D eigenvalue weighted by Crippen LogP contribution is 2.25. The molecule has 174 valence electrons. The van der Waals surface area contributed by atoms with E-state index in [-0.39, 0.29) is 18.3 Å². The average Bonchev–Trinajstić information content (AvgIpc) is 3.47. The van der Waals surface area contributed by atoms with E-state index in [1.807, 2.05) is 60.8 Å². The average molecular weight is 468 g/mol. The van der Waals surface area contributed by atoms with Crippen molar-refractivity contribution in [1.29, 1.82) is 0 Å². The highest BCUT2D eigenvalue weighted by molar-refractivity contribution is 5.92. The van der Waals surface area contributed by atoms with Crippen molar-refractivity contribution < 1.29 is 9.18 Å². The minimum atomic E-state index is -0.325. The quantitative estimate of drug-likeness (QED) is 0.381. The summed E-state index contributed by atoms with van der Waals surface area (Å²) in [6.45, 7) is 4.04. The van der Waals surface area contributed by atoms with Crippen LogP contribution in [0.5, 0.6) is 0 Å². The lowest BCUT2D eigenvalue weighted by atomic mass is 10.1. The SMILES string of the molecule is Cc1cc(C)n2c(CNC(=O)C=Cc3cn(-c4ccccc4)nc3-c3ccc(F)cc3)nnc2n1. The third kappa shape index (κ3) is 4.70. The fourth-order valence-corrected chi connectivity index (χ4v) is 3.86. The molecule has 0 aliphatic heterocycles. The molecule has 0 aliphatic carbocycles. The Morgan fingerprint density at radius 3 is 2.60 bits per heavy atom. The first-order chi connectivity index (χ1) is 17.0. The molecule has 0 aliphatic rings. The number of carbonyl (C=O) groups excluding carboxylic acids is 1. The van der Waals surface area contributed by atoms with Gasteiger partial charge in [-0.3, -0.25) is 9.20 Å². The molecule has 0 atom stereocenters. The van der Waals surface area contributed by atoms with Crippen LogP contribution in [0.1, 0.15) is 22.8 Å². The third-order valence-electron chi connectivity index (χ3n) is 5.48. The van der Waals surface area contributed by atoms with Crippen LogP contribution in [0.4, 0.5) is 4.39 Å². The highest BCUT2D eigenvalue weighted by Gasteiger charge is 2.13. The van der Waals surface area contributed by atoms with Crippen LogP contribution >= 0.6 is 0 Å². The zero-order valence-corrected chi connectivity index (χ0v) is 19.2. The Morgan fingerprint density at radius 1 is 1.06 bits per heavy atom. The van der Waals surface area contributed by atoms with Gasteiger partial charge in [0.1, 0.15) is 5.82 Å². The van der Waals surface area contributed by atoms with Gasteiger partial charge in [0.15, 0.2) is 5.82 Å². The molecule has 0 saturated carbocycles. The predicted molar refractivity (Wildman–Crippen MR) is 130 cm³/mol. The van der Waals surface area contributed by atoms with Gasteiger partial charge in [0.25, 0.3) is 5.78 Å². The molecule has 35 heavy (non-hydrogen) atoms. The second-order valence-corrected chi connectivity index (χ2v) is 8.06. The van der Waals surface area contributed by atoms with Crippen molar-refractivity contribution in [3.63, 3.8) is 0 Å². The van der Waals surface area contributed by atoms with E-state index in [9.17, 15) is 9.18 Å². The molecule has 1 amide bonds. The van der Waals surface area contributed by atoms with Gasteiger partial charge < -0.3 is 5.32 Å². The van der Waals surface area contributed by atoms with Crippen LogP contribution in [0.15, 0.2) is 72.9 Å². The summed E-state index contributed by atoms with van der Waals surface area (Å²) in [6.07, 6.45) is 4.97. The molecular weight excluding hydrogens is 445 g/mol. The number of amides is 1. The molecule has 8 nitrogen and oxygen atoms in total. The number of nitrogens with one attached hydrogen (secondary N) is 1. The van der Waals surface area contributed by atoms with Gasteiger partial charge in [-0.25, -0.2) is 14.1 Å². The fraction of sp³-hybridized carbons (Fsp3) is 0.115. The first-order valence-corrected chi connectivity index (χ1v) is 11.0. The number of hydrogen-bond acceptors (Lipinski definition) is 5. The van der Waals surface area contributed by atoms with E-state index < -0.39 is 0 Å². The van der Waals surface area contributed by atoms with Crippen LogP contribution in [0.2, 0.25) is 0 Å². The van der Waals surface area contributed by atoms with E-state index in [0.717, 1.165) is 28.2 Å². The van der Waals surface area contributed by atoms with Crippen molar-refractivity contribution in [2.45, 2.75) is 20.4 Å². The number of aryl methyl sites for hydroxylation is 2. The van der Waals surface area contributed by atoms with Gasteiger partial charge in [0.05, 0.1) is 17.9 Å². The van der Waals surface area contributed by atoms with Gasteiger partial charge >= 0.3 is 0 Å². The summed E-state index contributed by atoms with van der Waals surface area (Å²) in [4.78, 5) is 17.0. The Balaban J connectivity index is 1.38. The van der Waals surface area contributed by atoms with Crippen molar-refractivity contribution in [3.8, 4) is 16.9 Å². The highest BCUT2D eigenvalue weighted by atomic mass is 19.1. The van der Waals surface area contributed by atoms with Crippen LogP contribution in [0.25, 0.3) is 28.8 Å². The number of nitrogens with zero attached hydrogens (tertiary/aromatic N) is 6. The Bertz CT molecular complexity index is 1540. The van der Waals surface area contributed by atoms with E-state index in [1.54, 1.807) is 22.9 Å². The molecule has 2 aromatic carbocycles. The summed E-state index contributed by atoms with van der Waals surface area (Å²) in [7, 11) is 0. The van der Waals surface area contributed by atoms with Crippen LogP contribution in [-0.4, -0.2) is 35.3 Å². The molecule has 0 bridgehead atoms. The topological polar surface area (TPSA) is 90.0 Å². The van der Waals surface area contributed by atoms with Gasteiger partial charge in [-0.05, 0) is 62.4 Å². The fourth-order valence-electron chi connectivity index (χ4n) is 3.86. The normalized spacial score (nSPS) is 11.4. The number of para-hydroxylation sites is 1. The second kappa shape index (κ2) is 9.30. The molecule has 5 rings (SSSR count). The smallest absolute Gasteiger partial charge is 0.255 e. The molecule has 1 N–H and O–H groups in total. The van der Waals surface area contributed by atoms with Crippen LogP contribution in [-0.2, 0) is 11.3 Å². The standard InChI is InChI=1S/C26H22FN7O/c1-17-14-18(2)34-23(30-31-26(34)29-17)15-28-24(35)13-10-20-16-33(22-6-4-3-5-7-22)32-25(20)19-8-11-21(27)12-9-19/h3-14,16H,15H2,1-2H3,(H,28,35). The van der Waals surface area contributed by atoms with Crippen molar-refractivity contribution in [2.75, 3.05) is 0 Å². The van der Waals surface area contributed by atoms with Crippen LogP contribution < -0.4 is 5.32 Å². The molecule has 9 heteroatoms. The molecule has 3 aromatic heterocycles. The zero-order chi connectivity index (χ0) is 24.4. The zero-order valence-electron chi connectivity index (χ0n) is 19.2. The van der Waals surface area contributed by atoms with Gasteiger partial charge in [-0.15, -0.1) is 10.2 Å². The molecule has 0 radical (unpaired) electrons. The number of benzene rings is 2. The van der Waals surface area contributed by atoms with E-state index >= 15 is 0 Å². The first kappa shape index (κ1) is 22.1. The molecule has 3 heterocycles. The number of aromatic nitrogens is 6. The van der Waals surface area contributed by atoms with E-state index in [4.69, 9.17) is 0 Å². The summed E-state index contributed by atoms with van der Waals surface area (Å²) >= 11 is 0. The van der Waals surface area contributed by atoms with Crippen molar-refractivity contribution >= 4 is 17.8 Å². The van der Waals surface area contributed by atoms with E-state index in [2.05, 4.69) is 25.6 Å². The Kier molecular flexibility index (Phi) is 5.88. The summed E-state index contributed by atoms with van der Waals surface area (Å²) in [6, 6.07) is 17.7. The summed E-state index contributed by atoms with van der Waals surface area (Å²) in [5.41, 5.74) is 4.77. The molecular formula is C26H22FN7O. The van der Waals surface area contributed by atoms with Crippen molar-refractivity contribution in [3.05, 3.63) is 102 Å². The molecule has 0 spiro atoms. The minimum Gasteiger partial charge on any atom is -0.345 e. The lowest BCUT2D eigenvalue weighted by Crippen LogP contribution is -2.22.